The standard InChI is InChI=1S/C21H29N3O3/c1-14(2)15-7-9-16(10-8-15)24-18-11-12-23(20(25)27-21(3,4)5)13-17(18)19(22-24)26-6/h7-10,14H,11-13H2,1-6H3. The average Bonchev–Trinajstić information content (AvgIpc) is 2.98. The van der Waals surface area contributed by atoms with E-state index in [1.54, 1.807) is 12.0 Å². The van der Waals surface area contributed by atoms with E-state index in [2.05, 4.69) is 43.2 Å². The number of rotatable bonds is 3. The van der Waals surface area contributed by atoms with E-state index in [-0.39, 0.29) is 6.09 Å². The van der Waals surface area contributed by atoms with Crippen LogP contribution in [0.3, 0.4) is 0 Å². The molecule has 3 rings (SSSR count). The lowest BCUT2D eigenvalue weighted by Crippen LogP contribution is -2.40. The minimum Gasteiger partial charge on any atom is -0.480 e. The zero-order chi connectivity index (χ0) is 19.8. The Kier molecular flexibility index (Phi) is 5.18. The van der Waals surface area contributed by atoms with Gasteiger partial charge in [0.15, 0.2) is 0 Å². The quantitative estimate of drug-likeness (QED) is 0.807. The molecular weight excluding hydrogens is 342 g/mol. The number of benzene rings is 1. The number of aromatic nitrogens is 2. The third-order valence-corrected chi connectivity index (χ3v) is 4.67. The van der Waals surface area contributed by atoms with Gasteiger partial charge in [0.2, 0.25) is 5.88 Å². The summed E-state index contributed by atoms with van der Waals surface area (Å²) in [7, 11) is 1.61. The van der Waals surface area contributed by atoms with Gasteiger partial charge in [-0.05, 0) is 44.4 Å². The van der Waals surface area contributed by atoms with E-state index >= 15 is 0 Å². The van der Waals surface area contributed by atoms with Crippen LogP contribution in [0.2, 0.25) is 0 Å². The summed E-state index contributed by atoms with van der Waals surface area (Å²) in [5.41, 5.74) is 3.82. The normalized spacial score (nSPS) is 14.3. The van der Waals surface area contributed by atoms with E-state index in [9.17, 15) is 4.79 Å². The molecule has 6 heteroatoms. The van der Waals surface area contributed by atoms with E-state index in [4.69, 9.17) is 9.47 Å². The lowest BCUT2D eigenvalue weighted by Gasteiger charge is -2.30. The van der Waals surface area contributed by atoms with Crippen LogP contribution in [0, 0.1) is 0 Å². The maximum absolute atomic E-state index is 12.4. The molecule has 1 aromatic carbocycles. The first-order valence-electron chi connectivity index (χ1n) is 9.42. The molecule has 1 aliphatic rings. The molecule has 2 aromatic rings. The van der Waals surface area contributed by atoms with Crippen molar-refractivity contribution in [1.29, 1.82) is 0 Å². The first-order valence-corrected chi connectivity index (χ1v) is 9.42. The minimum absolute atomic E-state index is 0.302. The van der Waals surface area contributed by atoms with Crippen molar-refractivity contribution in [3.05, 3.63) is 41.1 Å². The smallest absolute Gasteiger partial charge is 0.410 e. The van der Waals surface area contributed by atoms with Crippen molar-refractivity contribution < 1.29 is 14.3 Å². The van der Waals surface area contributed by atoms with Crippen LogP contribution < -0.4 is 4.74 Å². The molecule has 6 nitrogen and oxygen atoms in total. The summed E-state index contributed by atoms with van der Waals surface area (Å²) in [6.45, 7) is 11.0. The molecular formula is C21H29N3O3. The lowest BCUT2D eigenvalue weighted by atomic mass is 10.0. The lowest BCUT2D eigenvalue weighted by molar-refractivity contribution is 0.0222. The molecule has 0 radical (unpaired) electrons. The zero-order valence-corrected chi connectivity index (χ0v) is 17.1. The number of hydrogen-bond donors (Lipinski definition) is 0. The van der Waals surface area contributed by atoms with Crippen LogP contribution in [0.25, 0.3) is 5.69 Å². The fourth-order valence-corrected chi connectivity index (χ4v) is 3.25. The van der Waals surface area contributed by atoms with Crippen LogP contribution in [0.1, 0.15) is 57.4 Å². The van der Waals surface area contributed by atoms with Crippen LogP contribution in [0.4, 0.5) is 4.79 Å². The van der Waals surface area contributed by atoms with Gasteiger partial charge in [-0.25, -0.2) is 9.48 Å². The maximum Gasteiger partial charge on any atom is 0.410 e. The number of ether oxygens (including phenoxy) is 2. The molecule has 0 bridgehead atoms. The van der Waals surface area contributed by atoms with Crippen molar-refractivity contribution in [1.82, 2.24) is 14.7 Å². The van der Waals surface area contributed by atoms with Crippen molar-refractivity contribution in [2.75, 3.05) is 13.7 Å². The van der Waals surface area contributed by atoms with Gasteiger partial charge in [0.1, 0.15) is 5.60 Å². The Bertz CT molecular complexity index is 816. The molecule has 0 unspecified atom stereocenters. The van der Waals surface area contributed by atoms with E-state index < -0.39 is 5.60 Å². The Balaban J connectivity index is 1.89. The fraction of sp³-hybridized carbons (Fsp3) is 0.524. The molecule has 1 aliphatic heterocycles. The minimum atomic E-state index is -0.510. The number of carbonyl (C=O) groups excluding carboxylic acids is 1. The number of carbonyl (C=O) groups is 1. The van der Waals surface area contributed by atoms with Crippen LogP contribution in [-0.2, 0) is 17.7 Å². The highest BCUT2D eigenvalue weighted by molar-refractivity contribution is 5.69. The van der Waals surface area contributed by atoms with Gasteiger partial charge in [-0.3, -0.25) is 0 Å². The molecule has 0 saturated carbocycles. The van der Waals surface area contributed by atoms with Crippen LogP contribution in [0.5, 0.6) is 5.88 Å². The average molecular weight is 371 g/mol. The first kappa shape index (κ1) is 19.3. The van der Waals surface area contributed by atoms with Gasteiger partial charge in [0.05, 0.1) is 30.6 Å². The van der Waals surface area contributed by atoms with Crippen molar-refractivity contribution >= 4 is 6.09 Å². The summed E-state index contributed by atoms with van der Waals surface area (Å²) in [6, 6.07) is 8.44. The summed E-state index contributed by atoms with van der Waals surface area (Å²) in [6.07, 6.45) is 0.404. The molecule has 0 N–H and O–H groups in total. The van der Waals surface area contributed by atoms with Crippen molar-refractivity contribution in [2.45, 2.75) is 59.1 Å². The van der Waals surface area contributed by atoms with Crippen LogP contribution >= 0.6 is 0 Å². The summed E-state index contributed by atoms with van der Waals surface area (Å²) in [5, 5.41) is 4.64. The molecule has 0 aliphatic carbocycles. The van der Waals surface area contributed by atoms with Crippen molar-refractivity contribution in [3.8, 4) is 11.6 Å². The molecule has 2 heterocycles. The maximum atomic E-state index is 12.4. The predicted molar refractivity (Wildman–Crippen MR) is 105 cm³/mol. The predicted octanol–water partition coefficient (Wildman–Crippen LogP) is 4.30. The van der Waals surface area contributed by atoms with Crippen LogP contribution in [0.15, 0.2) is 24.3 Å². The van der Waals surface area contributed by atoms with Gasteiger partial charge in [0.25, 0.3) is 0 Å². The summed E-state index contributed by atoms with van der Waals surface area (Å²) in [4.78, 5) is 14.1. The monoisotopic (exact) mass is 371 g/mol. The first-order chi connectivity index (χ1) is 12.7. The number of methoxy groups -OCH3 is 1. The fourth-order valence-electron chi connectivity index (χ4n) is 3.25. The Morgan fingerprint density at radius 3 is 2.41 bits per heavy atom. The highest BCUT2D eigenvalue weighted by Gasteiger charge is 2.31. The number of amides is 1. The zero-order valence-electron chi connectivity index (χ0n) is 17.1. The molecule has 0 fully saturated rings. The van der Waals surface area contributed by atoms with Crippen molar-refractivity contribution in [2.24, 2.45) is 0 Å². The number of hydrogen-bond acceptors (Lipinski definition) is 4. The Labute approximate surface area is 161 Å². The second-order valence-corrected chi connectivity index (χ2v) is 8.24. The third-order valence-electron chi connectivity index (χ3n) is 4.67. The highest BCUT2D eigenvalue weighted by Crippen LogP contribution is 2.31. The Morgan fingerprint density at radius 2 is 1.85 bits per heavy atom. The van der Waals surface area contributed by atoms with E-state index in [0.29, 0.717) is 31.3 Å². The summed E-state index contributed by atoms with van der Waals surface area (Å²) in [5.74, 6) is 1.05. The second kappa shape index (κ2) is 7.25. The van der Waals surface area contributed by atoms with Gasteiger partial charge in [-0.2, -0.15) is 0 Å². The molecule has 146 valence electrons. The van der Waals surface area contributed by atoms with Gasteiger partial charge in [-0.15, -0.1) is 5.10 Å². The van der Waals surface area contributed by atoms with Gasteiger partial charge in [0, 0.05) is 13.0 Å². The third kappa shape index (κ3) is 4.10. The molecule has 27 heavy (non-hydrogen) atoms. The Morgan fingerprint density at radius 1 is 1.19 bits per heavy atom. The van der Waals surface area contributed by atoms with E-state index in [0.717, 1.165) is 16.9 Å². The van der Waals surface area contributed by atoms with Crippen molar-refractivity contribution in [3.63, 3.8) is 0 Å². The highest BCUT2D eigenvalue weighted by atomic mass is 16.6. The largest absolute Gasteiger partial charge is 0.480 e. The van der Waals surface area contributed by atoms with Gasteiger partial charge >= 0.3 is 6.09 Å². The summed E-state index contributed by atoms with van der Waals surface area (Å²) < 4.78 is 12.9. The SMILES string of the molecule is COc1nn(-c2ccc(C(C)C)cc2)c2c1CN(C(=O)OC(C)(C)C)CC2. The Hall–Kier alpha value is -2.50. The molecule has 0 spiro atoms. The second-order valence-electron chi connectivity index (χ2n) is 8.24. The summed E-state index contributed by atoms with van der Waals surface area (Å²) >= 11 is 0. The van der Waals surface area contributed by atoms with E-state index in [1.807, 2.05) is 25.5 Å². The van der Waals surface area contributed by atoms with Gasteiger partial charge < -0.3 is 14.4 Å². The molecule has 1 amide bonds. The molecule has 0 saturated heterocycles. The molecule has 1 aromatic heterocycles. The van der Waals surface area contributed by atoms with Crippen LogP contribution in [-0.4, -0.2) is 40.0 Å². The molecule has 0 atom stereocenters. The topological polar surface area (TPSA) is 56.6 Å². The number of fused-ring (bicyclic) bond motifs is 1. The van der Waals surface area contributed by atoms with Gasteiger partial charge in [-0.1, -0.05) is 26.0 Å². The number of nitrogens with zero attached hydrogens (tertiary/aromatic N) is 3. The van der Waals surface area contributed by atoms with E-state index in [1.165, 1.54) is 5.56 Å².